The number of carbonyl (C=O) groups is 1. The molecule has 0 aliphatic heterocycles. The lowest BCUT2D eigenvalue weighted by Gasteiger charge is -2.20. The number of carbonyl (C=O) groups excluding carboxylic acids is 1. The Morgan fingerprint density at radius 1 is 1.50 bits per heavy atom. The normalized spacial score (nSPS) is 10.6. The lowest BCUT2D eigenvalue weighted by Crippen LogP contribution is -2.32. The fourth-order valence-electron chi connectivity index (χ4n) is 1.07. The van der Waals surface area contributed by atoms with E-state index in [4.69, 9.17) is 18.0 Å². The SMILES string of the molecule is C#Cc1ccccc1NC(=O)C(C)(C)CCl. The number of terminal acetylenes is 1. The molecule has 0 atom stereocenters. The summed E-state index contributed by atoms with van der Waals surface area (Å²) in [5.41, 5.74) is 0.706. The van der Waals surface area contributed by atoms with Gasteiger partial charge in [-0.1, -0.05) is 18.1 Å². The van der Waals surface area contributed by atoms with Gasteiger partial charge >= 0.3 is 0 Å². The summed E-state index contributed by atoms with van der Waals surface area (Å²) in [5, 5.41) is 2.79. The highest BCUT2D eigenvalue weighted by Crippen LogP contribution is 2.21. The topological polar surface area (TPSA) is 29.1 Å². The largest absolute Gasteiger partial charge is 0.324 e. The molecule has 1 aromatic rings. The number of benzene rings is 1. The maximum absolute atomic E-state index is 11.9. The van der Waals surface area contributed by atoms with E-state index in [-0.39, 0.29) is 11.8 Å². The quantitative estimate of drug-likeness (QED) is 0.634. The summed E-state index contributed by atoms with van der Waals surface area (Å²) in [7, 11) is 0. The third kappa shape index (κ3) is 2.77. The van der Waals surface area contributed by atoms with Gasteiger partial charge in [-0.2, -0.15) is 0 Å². The number of hydrogen-bond acceptors (Lipinski definition) is 1. The van der Waals surface area contributed by atoms with Crippen LogP contribution < -0.4 is 5.32 Å². The van der Waals surface area contributed by atoms with Gasteiger partial charge in [0.15, 0.2) is 0 Å². The van der Waals surface area contributed by atoms with E-state index in [0.29, 0.717) is 11.3 Å². The van der Waals surface area contributed by atoms with Gasteiger partial charge in [-0.15, -0.1) is 18.0 Å². The third-order valence-corrected chi connectivity index (χ3v) is 2.95. The van der Waals surface area contributed by atoms with E-state index in [9.17, 15) is 4.79 Å². The highest BCUT2D eigenvalue weighted by molar-refractivity contribution is 6.20. The number of anilines is 1. The minimum Gasteiger partial charge on any atom is -0.324 e. The second-order valence-corrected chi connectivity index (χ2v) is 4.43. The molecular formula is C13H14ClNO. The first-order valence-corrected chi connectivity index (χ1v) is 5.48. The van der Waals surface area contributed by atoms with Crippen molar-refractivity contribution in [3.63, 3.8) is 0 Å². The van der Waals surface area contributed by atoms with Crippen LogP contribution in [0.3, 0.4) is 0 Å². The van der Waals surface area contributed by atoms with Crippen molar-refractivity contribution in [3.8, 4) is 12.3 Å². The summed E-state index contributed by atoms with van der Waals surface area (Å²) in [6.07, 6.45) is 5.34. The van der Waals surface area contributed by atoms with Gasteiger partial charge in [-0.3, -0.25) is 4.79 Å². The van der Waals surface area contributed by atoms with Crippen LogP contribution in [0.4, 0.5) is 5.69 Å². The number of hydrogen-bond donors (Lipinski definition) is 1. The van der Waals surface area contributed by atoms with Gasteiger partial charge in [0.1, 0.15) is 0 Å². The number of para-hydroxylation sites is 1. The highest BCUT2D eigenvalue weighted by Gasteiger charge is 2.26. The zero-order chi connectivity index (χ0) is 12.2. The highest BCUT2D eigenvalue weighted by atomic mass is 35.5. The van der Waals surface area contributed by atoms with E-state index in [2.05, 4.69) is 11.2 Å². The Morgan fingerprint density at radius 3 is 2.69 bits per heavy atom. The van der Waals surface area contributed by atoms with Gasteiger partial charge in [-0.05, 0) is 26.0 Å². The molecule has 84 valence electrons. The first-order chi connectivity index (χ1) is 7.51. The Morgan fingerprint density at radius 2 is 2.12 bits per heavy atom. The van der Waals surface area contributed by atoms with E-state index in [1.165, 1.54) is 0 Å². The number of amides is 1. The third-order valence-electron chi connectivity index (χ3n) is 2.28. The maximum atomic E-state index is 11.9. The van der Waals surface area contributed by atoms with Crippen LogP contribution in [0.1, 0.15) is 19.4 Å². The fraction of sp³-hybridized carbons (Fsp3) is 0.308. The molecule has 1 aromatic carbocycles. The fourth-order valence-corrected chi connectivity index (χ4v) is 1.19. The zero-order valence-corrected chi connectivity index (χ0v) is 10.1. The Hall–Kier alpha value is -1.46. The molecule has 1 N–H and O–H groups in total. The van der Waals surface area contributed by atoms with Gasteiger partial charge in [0.25, 0.3) is 0 Å². The van der Waals surface area contributed by atoms with Crippen LogP contribution in [-0.2, 0) is 4.79 Å². The summed E-state index contributed by atoms with van der Waals surface area (Å²) < 4.78 is 0. The van der Waals surface area contributed by atoms with E-state index in [1.54, 1.807) is 26.0 Å². The van der Waals surface area contributed by atoms with Crippen LogP contribution in [0.25, 0.3) is 0 Å². The molecular weight excluding hydrogens is 222 g/mol. The van der Waals surface area contributed by atoms with Crippen LogP contribution in [0, 0.1) is 17.8 Å². The first-order valence-electron chi connectivity index (χ1n) is 4.94. The molecule has 0 radical (unpaired) electrons. The van der Waals surface area contributed by atoms with E-state index < -0.39 is 5.41 Å². The summed E-state index contributed by atoms with van der Waals surface area (Å²) in [6, 6.07) is 7.21. The molecule has 1 amide bonds. The molecule has 0 aliphatic carbocycles. The Kier molecular flexibility index (Phi) is 3.98. The second-order valence-electron chi connectivity index (χ2n) is 4.16. The molecule has 2 nitrogen and oxygen atoms in total. The van der Waals surface area contributed by atoms with E-state index in [0.717, 1.165) is 0 Å². The van der Waals surface area contributed by atoms with Crippen molar-refractivity contribution in [2.24, 2.45) is 5.41 Å². The minimum atomic E-state index is -0.608. The van der Waals surface area contributed by atoms with Crippen molar-refractivity contribution < 1.29 is 4.79 Å². The van der Waals surface area contributed by atoms with Crippen molar-refractivity contribution in [2.45, 2.75) is 13.8 Å². The predicted molar refractivity (Wildman–Crippen MR) is 67.5 cm³/mol. The lowest BCUT2D eigenvalue weighted by atomic mass is 9.95. The summed E-state index contributed by atoms with van der Waals surface area (Å²) >= 11 is 5.73. The maximum Gasteiger partial charge on any atom is 0.231 e. The van der Waals surface area contributed by atoms with Crippen LogP contribution in [-0.4, -0.2) is 11.8 Å². The molecule has 0 bridgehead atoms. The van der Waals surface area contributed by atoms with E-state index >= 15 is 0 Å². The van der Waals surface area contributed by atoms with Crippen molar-refractivity contribution in [2.75, 3.05) is 11.2 Å². The molecule has 3 heteroatoms. The number of alkyl halides is 1. The summed E-state index contributed by atoms with van der Waals surface area (Å²) in [6.45, 7) is 3.57. The Labute approximate surface area is 101 Å². The Bertz CT molecular complexity index is 432. The number of nitrogens with one attached hydrogen (secondary N) is 1. The molecule has 0 aliphatic rings. The van der Waals surface area contributed by atoms with Gasteiger partial charge in [-0.25, -0.2) is 0 Å². The summed E-state index contributed by atoms with van der Waals surface area (Å²) in [4.78, 5) is 11.9. The van der Waals surface area contributed by atoms with Gasteiger partial charge < -0.3 is 5.32 Å². The van der Waals surface area contributed by atoms with Gasteiger partial charge in [0.2, 0.25) is 5.91 Å². The van der Waals surface area contributed by atoms with Crippen molar-refractivity contribution in [1.82, 2.24) is 0 Å². The van der Waals surface area contributed by atoms with Crippen LogP contribution in [0.2, 0.25) is 0 Å². The van der Waals surface area contributed by atoms with Crippen LogP contribution in [0.15, 0.2) is 24.3 Å². The van der Waals surface area contributed by atoms with Crippen LogP contribution in [0.5, 0.6) is 0 Å². The molecule has 16 heavy (non-hydrogen) atoms. The standard InChI is InChI=1S/C13H14ClNO/c1-4-10-7-5-6-8-11(10)15-12(16)13(2,3)9-14/h1,5-8H,9H2,2-3H3,(H,15,16). The molecule has 1 rings (SSSR count). The average Bonchev–Trinajstić information content (AvgIpc) is 2.29. The number of halogens is 1. The molecule has 0 saturated heterocycles. The average molecular weight is 236 g/mol. The molecule has 0 unspecified atom stereocenters. The molecule has 0 heterocycles. The number of rotatable bonds is 3. The molecule has 0 aromatic heterocycles. The lowest BCUT2D eigenvalue weighted by molar-refractivity contribution is -0.122. The Balaban J connectivity index is 2.90. The monoisotopic (exact) mass is 235 g/mol. The van der Waals surface area contributed by atoms with E-state index in [1.807, 2.05) is 12.1 Å². The second kappa shape index (κ2) is 5.05. The van der Waals surface area contributed by atoms with Crippen molar-refractivity contribution in [3.05, 3.63) is 29.8 Å². The molecule has 0 spiro atoms. The smallest absolute Gasteiger partial charge is 0.231 e. The predicted octanol–water partition coefficient (Wildman–Crippen LogP) is 2.87. The van der Waals surface area contributed by atoms with Crippen molar-refractivity contribution >= 4 is 23.2 Å². The van der Waals surface area contributed by atoms with Gasteiger partial charge in [0.05, 0.1) is 11.1 Å². The van der Waals surface area contributed by atoms with Crippen molar-refractivity contribution in [1.29, 1.82) is 0 Å². The summed E-state index contributed by atoms with van der Waals surface area (Å²) in [5.74, 6) is 2.65. The molecule has 0 fully saturated rings. The van der Waals surface area contributed by atoms with Crippen LogP contribution >= 0.6 is 11.6 Å². The van der Waals surface area contributed by atoms with Gasteiger partial charge in [0, 0.05) is 11.4 Å². The molecule has 0 saturated carbocycles. The minimum absolute atomic E-state index is 0.134. The zero-order valence-electron chi connectivity index (χ0n) is 9.38. The first kappa shape index (κ1) is 12.6.